The lowest BCUT2D eigenvalue weighted by Gasteiger charge is -2.18. The van der Waals surface area contributed by atoms with Crippen molar-refractivity contribution in [3.63, 3.8) is 0 Å². The van der Waals surface area contributed by atoms with Crippen molar-refractivity contribution in [2.45, 2.75) is 6.92 Å². The summed E-state index contributed by atoms with van der Waals surface area (Å²) in [5, 5.41) is 5.94. The second-order valence-electron chi connectivity index (χ2n) is 6.43. The van der Waals surface area contributed by atoms with Gasteiger partial charge in [0, 0.05) is 11.8 Å². The number of anilines is 3. The molecule has 0 radical (unpaired) electrons. The first kappa shape index (κ1) is 18.5. The lowest BCUT2D eigenvalue weighted by atomic mass is 10.2. The summed E-state index contributed by atoms with van der Waals surface area (Å²) in [6.07, 6.45) is 2.92. The van der Waals surface area contributed by atoms with Crippen molar-refractivity contribution in [3.8, 4) is 17.2 Å². The number of hydrogen-bond donors (Lipinski definition) is 2. The number of nitrogens with one attached hydrogen (secondary N) is 2. The maximum Gasteiger partial charge on any atom is 0.275 e. The maximum absolute atomic E-state index is 12.5. The Bertz CT molecular complexity index is 1040. The Morgan fingerprint density at radius 3 is 2.62 bits per heavy atom. The maximum atomic E-state index is 12.5. The van der Waals surface area contributed by atoms with Gasteiger partial charge < -0.3 is 24.8 Å². The van der Waals surface area contributed by atoms with Gasteiger partial charge in [0.2, 0.25) is 0 Å². The van der Waals surface area contributed by atoms with Gasteiger partial charge in [0.1, 0.15) is 30.5 Å². The van der Waals surface area contributed by atoms with E-state index in [4.69, 9.17) is 14.2 Å². The van der Waals surface area contributed by atoms with E-state index >= 15 is 0 Å². The fourth-order valence-corrected chi connectivity index (χ4v) is 2.88. The van der Waals surface area contributed by atoms with Gasteiger partial charge in [-0.15, -0.1) is 0 Å². The molecule has 0 atom stereocenters. The molecular formula is C21H20N4O4. The monoisotopic (exact) mass is 392 g/mol. The third kappa shape index (κ3) is 4.21. The van der Waals surface area contributed by atoms with Gasteiger partial charge >= 0.3 is 0 Å². The number of hydrogen-bond acceptors (Lipinski definition) is 7. The highest BCUT2D eigenvalue weighted by atomic mass is 16.6. The topological polar surface area (TPSA) is 94.6 Å². The number of fused-ring (bicyclic) bond motifs is 1. The second-order valence-corrected chi connectivity index (χ2v) is 6.43. The van der Waals surface area contributed by atoms with E-state index in [9.17, 15) is 4.79 Å². The molecular weight excluding hydrogens is 372 g/mol. The fraction of sp³-hybridized carbons (Fsp3) is 0.190. The number of aryl methyl sites for hydroxylation is 1. The molecule has 1 amide bonds. The molecule has 0 bridgehead atoms. The van der Waals surface area contributed by atoms with E-state index in [0.717, 1.165) is 11.3 Å². The molecule has 1 aliphatic heterocycles. The van der Waals surface area contributed by atoms with E-state index < -0.39 is 0 Å². The molecule has 0 unspecified atom stereocenters. The summed E-state index contributed by atoms with van der Waals surface area (Å²) >= 11 is 0. The average molecular weight is 392 g/mol. The van der Waals surface area contributed by atoms with Gasteiger partial charge in [-0.25, -0.2) is 9.97 Å². The molecule has 0 spiro atoms. The van der Waals surface area contributed by atoms with Crippen molar-refractivity contribution in [2.24, 2.45) is 0 Å². The standard InChI is InChI=1S/C21H20N4O4/c1-13-3-5-17(27-2)15(9-13)25-20-12-22-16(11-23-20)21(26)24-14-4-6-18-19(10-14)29-8-7-28-18/h3-6,9-12H,7-8H2,1-2H3,(H,23,25)(H,24,26). The first-order valence-electron chi connectivity index (χ1n) is 9.07. The third-order valence-corrected chi connectivity index (χ3v) is 4.30. The lowest BCUT2D eigenvalue weighted by molar-refractivity contribution is 0.102. The smallest absolute Gasteiger partial charge is 0.275 e. The molecule has 0 aliphatic carbocycles. The summed E-state index contributed by atoms with van der Waals surface area (Å²) in [5.41, 5.74) is 2.64. The van der Waals surface area contributed by atoms with Gasteiger partial charge in [-0.2, -0.15) is 0 Å². The Balaban J connectivity index is 1.45. The Labute approximate surface area is 167 Å². The van der Waals surface area contributed by atoms with Crippen LogP contribution in [0.5, 0.6) is 17.2 Å². The molecule has 29 heavy (non-hydrogen) atoms. The molecule has 1 aliphatic rings. The van der Waals surface area contributed by atoms with Crippen LogP contribution in [0.25, 0.3) is 0 Å². The zero-order chi connectivity index (χ0) is 20.2. The average Bonchev–Trinajstić information content (AvgIpc) is 2.74. The van der Waals surface area contributed by atoms with Crippen molar-refractivity contribution in [1.82, 2.24) is 9.97 Å². The fourth-order valence-electron chi connectivity index (χ4n) is 2.88. The summed E-state index contributed by atoms with van der Waals surface area (Å²) in [6, 6.07) is 11.0. The Morgan fingerprint density at radius 2 is 1.86 bits per heavy atom. The zero-order valence-corrected chi connectivity index (χ0v) is 16.1. The first-order valence-corrected chi connectivity index (χ1v) is 9.07. The summed E-state index contributed by atoms with van der Waals surface area (Å²) in [7, 11) is 1.60. The van der Waals surface area contributed by atoms with Gasteiger partial charge in [-0.05, 0) is 36.8 Å². The molecule has 3 aromatic rings. The second kappa shape index (κ2) is 8.05. The number of amides is 1. The number of benzene rings is 2. The highest BCUT2D eigenvalue weighted by Gasteiger charge is 2.14. The summed E-state index contributed by atoms with van der Waals surface area (Å²) in [4.78, 5) is 21.0. The van der Waals surface area contributed by atoms with Crippen molar-refractivity contribution >= 4 is 23.1 Å². The minimum Gasteiger partial charge on any atom is -0.495 e. The van der Waals surface area contributed by atoms with E-state index in [1.165, 1.54) is 12.4 Å². The van der Waals surface area contributed by atoms with Gasteiger partial charge in [-0.3, -0.25) is 4.79 Å². The number of methoxy groups -OCH3 is 1. The minimum atomic E-state index is -0.367. The quantitative estimate of drug-likeness (QED) is 0.685. The molecule has 4 rings (SSSR count). The number of ether oxygens (including phenoxy) is 3. The molecule has 148 valence electrons. The Kier molecular flexibility index (Phi) is 5.15. The molecule has 0 fully saturated rings. The van der Waals surface area contributed by atoms with Crippen LogP contribution < -0.4 is 24.8 Å². The van der Waals surface area contributed by atoms with Gasteiger partial charge in [0.25, 0.3) is 5.91 Å². The normalized spacial score (nSPS) is 12.2. The van der Waals surface area contributed by atoms with E-state index in [2.05, 4.69) is 20.6 Å². The van der Waals surface area contributed by atoms with Crippen LogP contribution >= 0.6 is 0 Å². The molecule has 1 aromatic heterocycles. The Hall–Kier alpha value is -3.81. The van der Waals surface area contributed by atoms with Crippen LogP contribution in [-0.4, -0.2) is 36.2 Å². The van der Waals surface area contributed by atoms with Crippen molar-refractivity contribution in [1.29, 1.82) is 0 Å². The molecule has 2 N–H and O–H groups in total. The van der Waals surface area contributed by atoms with Crippen LogP contribution in [0.4, 0.5) is 17.2 Å². The molecule has 0 saturated heterocycles. The minimum absolute atomic E-state index is 0.196. The van der Waals surface area contributed by atoms with Crippen LogP contribution in [-0.2, 0) is 0 Å². The summed E-state index contributed by atoms with van der Waals surface area (Å²) in [5.74, 6) is 2.10. The number of nitrogens with zero attached hydrogens (tertiary/aromatic N) is 2. The SMILES string of the molecule is COc1ccc(C)cc1Nc1cnc(C(=O)Nc2ccc3c(c2)OCCO3)cn1. The van der Waals surface area contributed by atoms with Crippen molar-refractivity contribution < 1.29 is 19.0 Å². The van der Waals surface area contributed by atoms with Crippen molar-refractivity contribution in [2.75, 3.05) is 31.0 Å². The predicted octanol–water partition coefficient (Wildman–Crippen LogP) is 3.56. The molecule has 8 nitrogen and oxygen atoms in total. The number of aromatic nitrogens is 2. The highest BCUT2D eigenvalue weighted by Crippen LogP contribution is 2.32. The van der Waals surface area contributed by atoms with Gasteiger partial charge in [0.05, 0.1) is 25.2 Å². The number of carbonyl (C=O) groups excluding carboxylic acids is 1. The molecule has 0 saturated carbocycles. The number of carbonyl (C=O) groups is 1. The molecule has 2 heterocycles. The lowest BCUT2D eigenvalue weighted by Crippen LogP contribution is -2.17. The largest absolute Gasteiger partial charge is 0.495 e. The van der Waals surface area contributed by atoms with Crippen LogP contribution in [0, 0.1) is 6.92 Å². The molecule has 8 heteroatoms. The van der Waals surface area contributed by atoms with Crippen LogP contribution in [0.3, 0.4) is 0 Å². The summed E-state index contributed by atoms with van der Waals surface area (Å²) < 4.78 is 16.4. The highest BCUT2D eigenvalue weighted by molar-refractivity contribution is 6.02. The molecule has 2 aromatic carbocycles. The van der Waals surface area contributed by atoms with E-state index in [-0.39, 0.29) is 11.6 Å². The first-order chi connectivity index (χ1) is 14.1. The van der Waals surface area contributed by atoms with E-state index in [0.29, 0.717) is 42.0 Å². The zero-order valence-electron chi connectivity index (χ0n) is 16.1. The van der Waals surface area contributed by atoms with Gasteiger partial charge in [-0.1, -0.05) is 6.07 Å². The van der Waals surface area contributed by atoms with E-state index in [1.54, 1.807) is 25.3 Å². The van der Waals surface area contributed by atoms with Crippen LogP contribution in [0.1, 0.15) is 16.1 Å². The van der Waals surface area contributed by atoms with Crippen molar-refractivity contribution in [3.05, 3.63) is 60.0 Å². The Morgan fingerprint density at radius 1 is 1.03 bits per heavy atom. The number of rotatable bonds is 5. The van der Waals surface area contributed by atoms with Crippen LogP contribution in [0.2, 0.25) is 0 Å². The predicted molar refractivity (Wildman–Crippen MR) is 108 cm³/mol. The van der Waals surface area contributed by atoms with Crippen LogP contribution in [0.15, 0.2) is 48.8 Å². The third-order valence-electron chi connectivity index (χ3n) is 4.30. The van der Waals surface area contributed by atoms with Gasteiger partial charge in [0.15, 0.2) is 11.5 Å². The summed E-state index contributed by atoms with van der Waals surface area (Å²) in [6.45, 7) is 2.99. The van der Waals surface area contributed by atoms with E-state index in [1.807, 2.05) is 25.1 Å².